The molecule has 0 spiro atoms. The Labute approximate surface area is 216 Å². The van der Waals surface area contributed by atoms with Crippen molar-refractivity contribution in [2.24, 2.45) is 0 Å². The molecule has 0 unspecified atom stereocenters. The van der Waals surface area contributed by atoms with Crippen molar-refractivity contribution in [1.29, 1.82) is 0 Å². The quantitative estimate of drug-likeness (QED) is 0.106. The number of carbonyl (C=O) groups is 1. The first-order chi connectivity index (χ1) is 17.2. The molecule has 0 fully saturated rings. The van der Waals surface area contributed by atoms with E-state index in [1.54, 1.807) is 6.08 Å². The lowest BCUT2D eigenvalue weighted by atomic mass is 10.0. The number of aryl methyl sites for hydroxylation is 2. The molecule has 0 N–H and O–H groups in total. The average Bonchev–Trinajstić information content (AvgIpc) is 2.88. The number of carbonyl (C=O) groups excluding carboxylic acids is 1. The molecule has 0 amide bonds. The summed E-state index contributed by atoms with van der Waals surface area (Å²) < 4.78 is 0. The average molecular weight is 475 g/mol. The Morgan fingerprint density at radius 2 is 1.06 bits per heavy atom. The summed E-state index contributed by atoms with van der Waals surface area (Å²) in [5, 5.41) is 0. The van der Waals surface area contributed by atoms with Crippen LogP contribution < -0.4 is 0 Å². The van der Waals surface area contributed by atoms with Crippen molar-refractivity contribution >= 4 is 11.9 Å². The van der Waals surface area contributed by atoms with Crippen LogP contribution in [0, 0.1) is 6.92 Å². The minimum absolute atomic E-state index is 0.0690. The Morgan fingerprint density at radius 3 is 1.54 bits per heavy atom. The fourth-order valence-corrected chi connectivity index (χ4v) is 4.66. The van der Waals surface area contributed by atoms with Gasteiger partial charge in [0.15, 0.2) is 5.78 Å². The maximum absolute atomic E-state index is 12.4. The van der Waals surface area contributed by atoms with Gasteiger partial charge in [-0.1, -0.05) is 163 Å². The third-order valence-corrected chi connectivity index (χ3v) is 7.06. The zero-order valence-corrected chi connectivity index (χ0v) is 22.7. The normalized spacial score (nSPS) is 11.4. The second-order valence-corrected chi connectivity index (χ2v) is 10.4. The Morgan fingerprint density at radius 1 is 0.600 bits per heavy atom. The van der Waals surface area contributed by atoms with Crippen LogP contribution >= 0.6 is 0 Å². The SMILES string of the molecule is CCCCCCCCCCCCCCCCCCc1ccc(C(=O)C=Cc2ccc(C)cc2)cc1. The van der Waals surface area contributed by atoms with Crippen molar-refractivity contribution in [1.82, 2.24) is 0 Å². The van der Waals surface area contributed by atoms with Crippen LogP contribution in [-0.4, -0.2) is 5.78 Å². The van der Waals surface area contributed by atoms with Crippen molar-refractivity contribution in [3.05, 3.63) is 76.9 Å². The van der Waals surface area contributed by atoms with Crippen LogP contribution in [0.15, 0.2) is 54.6 Å². The van der Waals surface area contributed by atoms with Crippen LogP contribution in [0.25, 0.3) is 6.08 Å². The molecule has 1 heteroatoms. The third-order valence-electron chi connectivity index (χ3n) is 7.06. The molecule has 0 heterocycles. The zero-order valence-electron chi connectivity index (χ0n) is 22.7. The maximum Gasteiger partial charge on any atom is 0.185 e. The number of rotatable bonds is 20. The van der Waals surface area contributed by atoms with Crippen LogP contribution in [0.3, 0.4) is 0 Å². The molecule has 192 valence electrons. The van der Waals surface area contributed by atoms with E-state index < -0.39 is 0 Å². The molecule has 0 radical (unpaired) electrons. The van der Waals surface area contributed by atoms with Gasteiger partial charge in [0, 0.05) is 5.56 Å². The van der Waals surface area contributed by atoms with Crippen LogP contribution in [0.4, 0.5) is 0 Å². The number of unbranched alkanes of at least 4 members (excludes halogenated alkanes) is 15. The molecule has 0 aromatic heterocycles. The summed E-state index contributed by atoms with van der Waals surface area (Å²) in [5.41, 5.74) is 4.40. The van der Waals surface area contributed by atoms with Gasteiger partial charge in [-0.25, -0.2) is 0 Å². The van der Waals surface area contributed by atoms with Gasteiger partial charge < -0.3 is 0 Å². The molecule has 0 bridgehead atoms. The highest BCUT2D eigenvalue weighted by Crippen LogP contribution is 2.15. The van der Waals surface area contributed by atoms with Crippen LogP contribution in [0.2, 0.25) is 0 Å². The molecule has 0 atom stereocenters. The van der Waals surface area contributed by atoms with E-state index in [0.717, 1.165) is 17.5 Å². The standard InChI is InChI=1S/C34H50O/c1-3-4-5-6-7-8-9-10-11-12-13-14-15-16-17-18-19-31-24-27-33(28-25-31)34(35)29-26-32-22-20-30(2)21-23-32/h20-29H,3-19H2,1-2H3. The monoisotopic (exact) mass is 474 g/mol. The van der Waals surface area contributed by atoms with Gasteiger partial charge in [-0.2, -0.15) is 0 Å². The Balaban J connectivity index is 1.45. The molecule has 2 rings (SSSR count). The topological polar surface area (TPSA) is 17.1 Å². The largest absolute Gasteiger partial charge is 0.289 e. The smallest absolute Gasteiger partial charge is 0.185 e. The molecule has 0 aliphatic heterocycles. The zero-order chi connectivity index (χ0) is 25.0. The fourth-order valence-electron chi connectivity index (χ4n) is 4.66. The van der Waals surface area contributed by atoms with E-state index in [-0.39, 0.29) is 5.78 Å². The molecule has 0 aliphatic carbocycles. The number of hydrogen-bond acceptors (Lipinski definition) is 1. The van der Waals surface area contributed by atoms with Crippen LogP contribution in [-0.2, 0) is 6.42 Å². The molecule has 2 aromatic carbocycles. The summed E-state index contributed by atoms with van der Waals surface area (Å²) in [4.78, 5) is 12.4. The molecule has 2 aromatic rings. The lowest BCUT2D eigenvalue weighted by molar-refractivity contribution is 0.104. The fraction of sp³-hybridized carbons (Fsp3) is 0.559. The van der Waals surface area contributed by atoms with Crippen molar-refractivity contribution in [3.8, 4) is 0 Å². The summed E-state index contributed by atoms with van der Waals surface area (Å²) in [7, 11) is 0. The minimum Gasteiger partial charge on any atom is -0.289 e. The molecule has 1 nitrogen and oxygen atoms in total. The van der Waals surface area contributed by atoms with E-state index in [2.05, 4.69) is 38.1 Å². The van der Waals surface area contributed by atoms with Gasteiger partial charge in [-0.3, -0.25) is 4.79 Å². The van der Waals surface area contributed by atoms with Crippen molar-refractivity contribution < 1.29 is 4.79 Å². The predicted octanol–water partition coefficient (Wildman–Crippen LogP) is 10.7. The number of hydrogen-bond donors (Lipinski definition) is 0. The maximum atomic E-state index is 12.4. The summed E-state index contributed by atoms with van der Waals surface area (Å²) >= 11 is 0. The van der Waals surface area contributed by atoms with Gasteiger partial charge in [0.25, 0.3) is 0 Å². The number of allylic oxidation sites excluding steroid dienone is 1. The summed E-state index contributed by atoms with van der Waals surface area (Å²) in [6.07, 6.45) is 27.2. The van der Waals surface area contributed by atoms with Gasteiger partial charge >= 0.3 is 0 Å². The van der Waals surface area contributed by atoms with E-state index in [1.165, 1.54) is 114 Å². The van der Waals surface area contributed by atoms with Crippen LogP contribution in [0.5, 0.6) is 0 Å². The van der Waals surface area contributed by atoms with Gasteiger partial charge in [-0.15, -0.1) is 0 Å². The molecule has 0 aliphatic rings. The Kier molecular flexibility index (Phi) is 15.9. The van der Waals surface area contributed by atoms with Crippen LogP contribution in [0.1, 0.15) is 137 Å². The van der Waals surface area contributed by atoms with E-state index in [9.17, 15) is 4.79 Å². The highest BCUT2D eigenvalue weighted by atomic mass is 16.1. The van der Waals surface area contributed by atoms with Gasteiger partial charge in [0.1, 0.15) is 0 Å². The van der Waals surface area contributed by atoms with E-state index in [4.69, 9.17) is 0 Å². The van der Waals surface area contributed by atoms with Gasteiger partial charge in [0.2, 0.25) is 0 Å². The lowest BCUT2D eigenvalue weighted by Gasteiger charge is -2.04. The van der Waals surface area contributed by atoms with Gasteiger partial charge in [-0.05, 0) is 37.0 Å². The highest BCUT2D eigenvalue weighted by molar-refractivity contribution is 6.06. The highest BCUT2D eigenvalue weighted by Gasteiger charge is 2.02. The van der Waals surface area contributed by atoms with E-state index >= 15 is 0 Å². The second-order valence-electron chi connectivity index (χ2n) is 10.4. The number of benzene rings is 2. The molecule has 35 heavy (non-hydrogen) atoms. The Bertz CT molecular complexity index is 813. The summed E-state index contributed by atoms with van der Waals surface area (Å²) in [6, 6.07) is 16.4. The summed E-state index contributed by atoms with van der Waals surface area (Å²) in [5.74, 6) is 0.0690. The predicted molar refractivity (Wildman–Crippen MR) is 154 cm³/mol. The van der Waals surface area contributed by atoms with Crippen molar-refractivity contribution in [3.63, 3.8) is 0 Å². The first kappa shape index (κ1) is 29.1. The molecular formula is C34H50O. The second kappa shape index (κ2) is 19.1. The molecule has 0 saturated heterocycles. The molecule has 0 saturated carbocycles. The van der Waals surface area contributed by atoms with E-state index in [0.29, 0.717) is 0 Å². The Hall–Kier alpha value is -2.15. The third kappa shape index (κ3) is 14.1. The van der Waals surface area contributed by atoms with Gasteiger partial charge in [0.05, 0.1) is 0 Å². The first-order valence-electron chi connectivity index (χ1n) is 14.6. The number of ketones is 1. The minimum atomic E-state index is 0.0690. The lowest BCUT2D eigenvalue weighted by Crippen LogP contribution is -1.95. The molecular weight excluding hydrogens is 424 g/mol. The summed E-state index contributed by atoms with van der Waals surface area (Å²) in [6.45, 7) is 4.36. The van der Waals surface area contributed by atoms with E-state index in [1.807, 2.05) is 30.3 Å². The van der Waals surface area contributed by atoms with Crippen molar-refractivity contribution in [2.75, 3.05) is 0 Å². The van der Waals surface area contributed by atoms with Crippen molar-refractivity contribution in [2.45, 2.75) is 123 Å². The first-order valence-corrected chi connectivity index (χ1v) is 14.6.